The third-order valence-corrected chi connectivity index (χ3v) is 3.97. The molecule has 9 nitrogen and oxygen atoms in total. The molecule has 162 valence electrons. The lowest BCUT2D eigenvalue weighted by Crippen LogP contribution is -2.50. The fraction of sp³-hybridized carbons (Fsp3) is 0.333. The highest BCUT2D eigenvalue weighted by Gasteiger charge is 2.28. The van der Waals surface area contributed by atoms with Gasteiger partial charge in [-0.3, -0.25) is 14.8 Å². The van der Waals surface area contributed by atoms with E-state index in [-0.39, 0.29) is 11.3 Å². The molecule has 2 rings (SSSR count). The number of aromatic nitrogens is 2. The molecular formula is C21H29N5O4. The van der Waals surface area contributed by atoms with E-state index in [0.717, 1.165) is 11.3 Å². The summed E-state index contributed by atoms with van der Waals surface area (Å²) in [4.78, 5) is 32.2. The first-order valence-corrected chi connectivity index (χ1v) is 9.22. The van der Waals surface area contributed by atoms with Crippen molar-refractivity contribution in [3.8, 4) is 5.75 Å². The maximum absolute atomic E-state index is 12.6. The number of hydrogen-bond acceptors (Lipinski definition) is 8. The molecule has 0 aliphatic rings. The molecule has 6 N–H and O–H groups in total. The molecule has 1 atom stereocenters. The highest BCUT2D eigenvalue weighted by Crippen LogP contribution is 2.21. The van der Waals surface area contributed by atoms with Crippen molar-refractivity contribution in [3.63, 3.8) is 0 Å². The summed E-state index contributed by atoms with van der Waals surface area (Å²) in [6, 6.07) is 7.06. The lowest BCUT2D eigenvalue weighted by atomic mass is 10.0. The summed E-state index contributed by atoms with van der Waals surface area (Å²) in [7, 11) is 1.50. The quantitative estimate of drug-likeness (QED) is 0.363. The number of ether oxygens (including phenoxy) is 1. The summed E-state index contributed by atoms with van der Waals surface area (Å²) in [5.41, 5.74) is 11.4. The zero-order valence-corrected chi connectivity index (χ0v) is 17.7. The van der Waals surface area contributed by atoms with Gasteiger partial charge in [-0.1, -0.05) is 6.07 Å². The van der Waals surface area contributed by atoms with Crippen LogP contribution in [0, 0.1) is 6.92 Å². The molecule has 0 saturated heterocycles. The minimum absolute atomic E-state index is 0.101. The van der Waals surface area contributed by atoms with Crippen LogP contribution in [-0.2, 0) is 16.2 Å². The molecule has 0 bridgehead atoms. The van der Waals surface area contributed by atoms with Crippen molar-refractivity contribution in [2.45, 2.75) is 32.9 Å². The Morgan fingerprint density at radius 3 is 2.53 bits per heavy atom. The van der Waals surface area contributed by atoms with E-state index >= 15 is 0 Å². The van der Waals surface area contributed by atoms with Gasteiger partial charge in [0.05, 0.1) is 17.9 Å². The summed E-state index contributed by atoms with van der Waals surface area (Å²) in [5.74, 6) is -0.117. The van der Waals surface area contributed by atoms with Crippen LogP contribution >= 0.6 is 0 Å². The molecule has 0 aliphatic heterocycles. The third kappa shape index (κ3) is 6.94. The molecule has 0 spiro atoms. The molecule has 1 amide bonds. The maximum atomic E-state index is 12.6. The summed E-state index contributed by atoms with van der Waals surface area (Å²) in [6.07, 6.45) is 3.70. The Balaban J connectivity index is 0.00000218. The molecule has 0 aliphatic carbocycles. The lowest BCUT2D eigenvalue weighted by Gasteiger charge is -2.23. The number of aliphatic hydroxyl groups excluding tert-OH is 1. The fourth-order valence-electron chi connectivity index (χ4n) is 2.31. The fourth-order valence-corrected chi connectivity index (χ4v) is 2.31. The molecular weight excluding hydrogens is 386 g/mol. The average molecular weight is 415 g/mol. The standard InChI is InChI=1S/C20H24N4O4.CH5N/c1-13-4-5-15(9-23-13)10-28-16-6-7-22-17(8-16)18(14(2)21)19(27)24-20(3,11-25)12-26;1-2/h4-9,11,26H,10,12,21H2,1-3H3,(H,24,27);2H2,1H3/b18-14+;. The Morgan fingerprint density at radius 2 is 2.00 bits per heavy atom. The number of nitrogens with one attached hydrogen (secondary N) is 1. The van der Waals surface area contributed by atoms with Crippen molar-refractivity contribution in [3.05, 3.63) is 59.3 Å². The molecule has 0 fully saturated rings. The van der Waals surface area contributed by atoms with Gasteiger partial charge in [0.25, 0.3) is 5.91 Å². The van der Waals surface area contributed by atoms with Gasteiger partial charge >= 0.3 is 0 Å². The second-order valence-corrected chi connectivity index (χ2v) is 6.68. The largest absolute Gasteiger partial charge is 0.489 e. The Morgan fingerprint density at radius 1 is 1.30 bits per heavy atom. The third-order valence-electron chi connectivity index (χ3n) is 3.97. The van der Waals surface area contributed by atoms with Gasteiger partial charge < -0.3 is 31.4 Å². The van der Waals surface area contributed by atoms with E-state index in [9.17, 15) is 14.7 Å². The zero-order chi connectivity index (χ0) is 22.7. The van der Waals surface area contributed by atoms with Crippen LogP contribution in [-0.4, -0.2) is 46.5 Å². The van der Waals surface area contributed by atoms with Crippen LogP contribution in [0.1, 0.15) is 30.8 Å². The first kappa shape index (κ1) is 24.7. The van der Waals surface area contributed by atoms with E-state index < -0.39 is 18.1 Å². The normalized spacial score (nSPS) is 13.1. The number of hydrogen-bond donors (Lipinski definition) is 4. The number of aryl methyl sites for hydroxylation is 1. The van der Waals surface area contributed by atoms with E-state index in [1.165, 1.54) is 20.2 Å². The highest BCUT2D eigenvalue weighted by molar-refractivity contribution is 6.20. The Hall–Kier alpha value is -3.30. The Labute approximate surface area is 176 Å². The topological polar surface area (TPSA) is 153 Å². The maximum Gasteiger partial charge on any atom is 0.256 e. The van der Waals surface area contributed by atoms with Crippen molar-refractivity contribution in [1.82, 2.24) is 15.3 Å². The number of carbonyl (C=O) groups excluding carboxylic acids is 2. The van der Waals surface area contributed by atoms with Gasteiger partial charge in [-0.2, -0.15) is 0 Å². The van der Waals surface area contributed by atoms with E-state index in [0.29, 0.717) is 24.3 Å². The SMILES string of the molecule is C/C(N)=C(\C(=O)NC(C)(C=O)CO)c1cc(OCc2ccc(C)nc2)ccn1.CN. The van der Waals surface area contributed by atoms with Crippen molar-refractivity contribution >= 4 is 17.8 Å². The predicted octanol–water partition coefficient (Wildman–Crippen LogP) is 0.695. The van der Waals surface area contributed by atoms with Gasteiger partial charge in [0.2, 0.25) is 0 Å². The first-order chi connectivity index (χ1) is 14.3. The van der Waals surface area contributed by atoms with Crippen LogP contribution in [0.25, 0.3) is 5.57 Å². The van der Waals surface area contributed by atoms with Crippen LogP contribution in [0.2, 0.25) is 0 Å². The van der Waals surface area contributed by atoms with Crippen molar-refractivity contribution in [1.29, 1.82) is 0 Å². The van der Waals surface area contributed by atoms with Gasteiger partial charge in [-0.25, -0.2) is 0 Å². The van der Waals surface area contributed by atoms with Crippen LogP contribution in [0.3, 0.4) is 0 Å². The number of rotatable bonds is 8. The van der Waals surface area contributed by atoms with Crippen molar-refractivity contribution < 1.29 is 19.4 Å². The average Bonchev–Trinajstić information content (AvgIpc) is 2.75. The molecule has 2 heterocycles. The zero-order valence-electron chi connectivity index (χ0n) is 17.7. The molecule has 1 unspecified atom stereocenters. The van der Waals surface area contributed by atoms with Crippen LogP contribution in [0.4, 0.5) is 0 Å². The van der Waals surface area contributed by atoms with E-state index in [4.69, 9.17) is 10.5 Å². The smallest absolute Gasteiger partial charge is 0.256 e. The van der Waals surface area contributed by atoms with E-state index in [2.05, 4.69) is 21.0 Å². The lowest BCUT2D eigenvalue weighted by molar-refractivity contribution is -0.123. The molecule has 0 saturated carbocycles. The monoisotopic (exact) mass is 415 g/mol. The predicted molar refractivity (Wildman–Crippen MR) is 114 cm³/mol. The van der Waals surface area contributed by atoms with E-state index in [1.807, 2.05) is 19.1 Å². The Kier molecular flexibility index (Phi) is 9.60. The minimum atomic E-state index is -1.41. The van der Waals surface area contributed by atoms with Gasteiger partial charge in [0.15, 0.2) is 0 Å². The van der Waals surface area contributed by atoms with Crippen LogP contribution < -0.4 is 21.5 Å². The second-order valence-electron chi connectivity index (χ2n) is 6.68. The molecule has 0 radical (unpaired) electrons. The molecule has 0 aromatic carbocycles. The van der Waals surface area contributed by atoms with Gasteiger partial charge in [-0.15, -0.1) is 0 Å². The second kappa shape index (κ2) is 11.6. The van der Waals surface area contributed by atoms with Gasteiger partial charge in [-0.05, 0) is 40.0 Å². The summed E-state index contributed by atoms with van der Waals surface area (Å²) in [6.45, 7) is 4.63. The number of pyridine rings is 2. The molecule has 9 heteroatoms. The Bertz CT molecular complexity index is 879. The van der Waals surface area contributed by atoms with Crippen molar-refractivity contribution in [2.24, 2.45) is 11.5 Å². The summed E-state index contributed by atoms with van der Waals surface area (Å²) >= 11 is 0. The summed E-state index contributed by atoms with van der Waals surface area (Å²) < 4.78 is 5.75. The summed E-state index contributed by atoms with van der Waals surface area (Å²) in [5, 5.41) is 11.8. The molecule has 30 heavy (non-hydrogen) atoms. The molecule has 2 aromatic rings. The number of amides is 1. The number of aliphatic hydroxyl groups is 1. The van der Waals surface area contributed by atoms with Crippen LogP contribution in [0.15, 0.2) is 42.4 Å². The van der Waals surface area contributed by atoms with Crippen molar-refractivity contribution in [2.75, 3.05) is 13.7 Å². The number of allylic oxidation sites excluding steroid dienone is 1. The van der Waals surface area contributed by atoms with E-state index in [1.54, 1.807) is 25.3 Å². The number of nitrogens with two attached hydrogens (primary N) is 2. The van der Waals surface area contributed by atoms with Gasteiger partial charge in [0.1, 0.15) is 24.2 Å². The number of carbonyl (C=O) groups is 2. The van der Waals surface area contributed by atoms with Crippen LogP contribution in [0.5, 0.6) is 5.75 Å². The molecule has 2 aromatic heterocycles. The number of aldehydes is 1. The highest BCUT2D eigenvalue weighted by atomic mass is 16.5. The minimum Gasteiger partial charge on any atom is -0.489 e. The first-order valence-electron chi connectivity index (χ1n) is 9.22. The number of nitrogens with zero attached hydrogens (tertiary/aromatic N) is 2. The van der Waals surface area contributed by atoms with Gasteiger partial charge in [0, 0.05) is 35.4 Å².